The number of carbonyl (C=O) groups is 2. The Morgan fingerprint density at radius 3 is 2.32 bits per heavy atom. The minimum absolute atomic E-state index is 0.0604. The maximum atomic E-state index is 13.0. The summed E-state index contributed by atoms with van der Waals surface area (Å²) in [5.74, 6) is -0.206. The fourth-order valence-electron chi connectivity index (χ4n) is 3.40. The Morgan fingerprint density at radius 2 is 1.71 bits per heavy atom. The van der Waals surface area contributed by atoms with Gasteiger partial charge in [-0.25, -0.2) is 0 Å². The molecule has 5 nitrogen and oxygen atoms in total. The number of hydrogen-bond acceptors (Lipinski definition) is 3. The molecule has 3 rings (SSSR count). The number of hydrogen-bond donors (Lipinski definition) is 1. The van der Waals surface area contributed by atoms with Crippen LogP contribution in [0.15, 0.2) is 60.7 Å². The molecule has 28 heavy (non-hydrogen) atoms. The summed E-state index contributed by atoms with van der Waals surface area (Å²) in [5, 5.41) is 2.95. The third kappa shape index (κ3) is 5.67. The quantitative estimate of drug-likeness (QED) is 0.766. The van der Waals surface area contributed by atoms with Gasteiger partial charge in [0.15, 0.2) is 0 Å². The molecule has 1 N–H and O–H groups in total. The van der Waals surface area contributed by atoms with Crippen LogP contribution in [-0.4, -0.2) is 42.0 Å². The fraction of sp³-hybridized carbons (Fsp3) is 0.391. The van der Waals surface area contributed by atoms with E-state index in [9.17, 15) is 9.59 Å². The van der Waals surface area contributed by atoms with Gasteiger partial charge in [-0.1, -0.05) is 60.7 Å². The molecule has 0 bridgehead atoms. The highest BCUT2D eigenvalue weighted by atomic mass is 16.5. The van der Waals surface area contributed by atoms with Crippen molar-refractivity contribution in [1.82, 2.24) is 10.2 Å². The average molecular weight is 380 g/mol. The highest BCUT2D eigenvalue weighted by molar-refractivity contribution is 5.88. The minimum atomic E-state index is -0.558. The van der Waals surface area contributed by atoms with Gasteiger partial charge in [0.1, 0.15) is 6.04 Å². The highest BCUT2D eigenvalue weighted by Crippen LogP contribution is 2.14. The third-order valence-electron chi connectivity index (χ3n) is 5.09. The van der Waals surface area contributed by atoms with Crippen molar-refractivity contribution in [3.63, 3.8) is 0 Å². The van der Waals surface area contributed by atoms with Crippen molar-refractivity contribution < 1.29 is 14.3 Å². The summed E-state index contributed by atoms with van der Waals surface area (Å²) in [6, 6.07) is 18.8. The molecule has 2 aromatic rings. The first-order chi connectivity index (χ1) is 13.6. The van der Waals surface area contributed by atoms with Crippen LogP contribution in [0.5, 0.6) is 0 Å². The Bertz CT molecular complexity index is 758. The van der Waals surface area contributed by atoms with Crippen molar-refractivity contribution >= 4 is 11.8 Å². The number of nitrogens with zero attached hydrogens (tertiary/aromatic N) is 1. The van der Waals surface area contributed by atoms with Gasteiger partial charge in [-0.05, 0) is 30.9 Å². The monoisotopic (exact) mass is 380 g/mol. The minimum Gasteiger partial charge on any atom is -0.376 e. The second-order valence-corrected chi connectivity index (χ2v) is 7.23. The molecule has 1 aliphatic heterocycles. The van der Waals surface area contributed by atoms with E-state index in [4.69, 9.17) is 4.74 Å². The van der Waals surface area contributed by atoms with Crippen LogP contribution in [0.4, 0.5) is 0 Å². The summed E-state index contributed by atoms with van der Waals surface area (Å²) >= 11 is 0. The van der Waals surface area contributed by atoms with Crippen LogP contribution in [0, 0.1) is 0 Å². The number of carbonyl (C=O) groups excluding carboxylic acids is 2. The van der Waals surface area contributed by atoms with Gasteiger partial charge in [0.05, 0.1) is 12.5 Å². The maximum absolute atomic E-state index is 13.0. The van der Waals surface area contributed by atoms with E-state index in [1.165, 1.54) is 0 Å². The van der Waals surface area contributed by atoms with Gasteiger partial charge >= 0.3 is 0 Å². The number of amides is 2. The third-order valence-corrected chi connectivity index (χ3v) is 5.09. The molecule has 0 unspecified atom stereocenters. The first-order valence-corrected chi connectivity index (χ1v) is 9.90. The zero-order valence-corrected chi connectivity index (χ0v) is 16.3. The zero-order chi connectivity index (χ0) is 19.8. The van der Waals surface area contributed by atoms with Gasteiger partial charge in [0.25, 0.3) is 0 Å². The molecule has 2 amide bonds. The number of benzene rings is 2. The van der Waals surface area contributed by atoms with Gasteiger partial charge < -0.3 is 15.0 Å². The lowest BCUT2D eigenvalue weighted by Crippen LogP contribution is -2.49. The summed E-state index contributed by atoms with van der Waals surface area (Å²) < 4.78 is 5.57. The van der Waals surface area contributed by atoms with E-state index in [0.29, 0.717) is 13.1 Å². The van der Waals surface area contributed by atoms with E-state index in [2.05, 4.69) is 5.32 Å². The molecule has 0 radical (unpaired) electrons. The SMILES string of the molecule is C[C@@H](C(=O)NC[C@H]1CCCO1)N(Cc1ccccc1)C(=O)Cc1ccccc1. The summed E-state index contributed by atoms with van der Waals surface area (Å²) in [5.41, 5.74) is 1.94. The predicted molar refractivity (Wildman–Crippen MR) is 109 cm³/mol. The van der Waals surface area contributed by atoms with E-state index in [1.54, 1.807) is 11.8 Å². The molecule has 1 saturated heterocycles. The molecule has 0 aliphatic carbocycles. The Kier molecular flexibility index (Phi) is 7.20. The molecule has 1 aliphatic rings. The topological polar surface area (TPSA) is 58.6 Å². The predicted octanol–water partition coefficient (Wildman–Crippen LogP) is 2.94. The standard InChI is InChI=1S/C23H28N2O3/c1-18(23(27)24-16-21-13-8-14-28-21)25(17-20-11-6-3-7-12-20)22(26)15-19-9-4-2-5-10-19/h2-7,9-12,18,21H,8,13-17H2,1H3,(H,24,27)/t18-,21+/m0/s1. The van der Waals surface area contributed by atoms with Gasteiger partial charge in [-0.3, -0.25) is 9.59 Å². The Labute approximate surface area is 166 Å². The molecule has 1 heterocycles. The number of nitrogens with one attached hydrogen (secondary N) is 1. The van der Waals surface area contributed by atoms with E-state index < -0.39 is 6.04 Å². The van der Waals surface area contributed by atoms with Crippen LogP contribution in [0.1, 0.15) is 30.9 Å². The van der Waals surface area contributed by atoms with E-state index in [1.807, 2.05) is 60.7 Å². The molecule has 148 valence electrons. The number of ether oxygens (including phenoxy) is 1. The Hall–Kier alpha value is -2.66. The average Bonchev–Trinajstić information content (AvgIpc) is 3.25. The van der Waals surface area contributed by atoms with Crippen molar-refractivity contribution in [1.29, 1.82) is 0 Å². The molecule has 2 aromatic carbocycles. The summed E-state index contributed by atoms with van der Waals surface area (Å²) in [6.45, 7) is 3.44. The maximum Gasteiger partial charge on any atom is 0.242 e. The molecule has 5 heteroatoms. The molecule has 0 aromatic heterocycles. The molecular formula is C23H28N2O3. The second kappa shape index (κ2) is 10.0. The number of rotatable bonds is 8. The summed E-state index contributed by atoms with van der Waals surface area (Å²) in [6.07, 6.45) is 2.36. The van der Waals surface area contributed by atoms with Gasteiger partial charge in [0, 0.05) is 19.7 Å². The Morgan fingerprint density at radius 1 is 1.07 bits per heavy atom. The van der Waals surface area contributed by atoms with Crippen LogP contribution in [0.2, 0.25) is 0 Å². The lowest BCUT2D eigenvalue weighted by molar-refractivity contribution is -0.140. The smallest absolute Gasteiger partial charge is 0.242 e. The van der Waals surface area contributed by atoms with Crippen LogP contribution >= 0.6 is 0 Å². The second-order valence-electron chi connectivity index (χ2n) is 7.23. The lowest BCUT2D eigenvalue weighted by atomic mass is 10.1. The van der Waals surface area contributed by atoms with Crippen molar-refractivity contribution in [2.24, 2.45) is 0 Å². The van der Waals surface area contributed by atoms with Crippen LogP contribution in [0.25, 0.3) is 0 Å². The van der Waals surface area contributed by atoms with Crippen LogP contribution < -0.4 is 5.32 Å². The zero-order valence-electron chi connectivity index (χ0n) is 16.3. The van der Waals surface area contributed by atoms with Gasteiger partial charge in [0.2, 0.25) is 11.8 Å². The lowest BCUT2D eigenvalue weighted by Gasteiger charge is -2.29. The van der Waals surface area contributed by atoms with E-state index in [-0.39, 0.29) is 24.3 Å². The fourth-order valence-corrected chi connectivity index (χ4v) is 3.40. The molecule has 1 fully saturated rings. The molecule has 2 atom stereocenters. The first-order valence-electron chi connectivity index (χ1n) is 9.90. The highest BCUT2D eigenvalue weighted by Gasteiger charge is 2.27. The van der Waals surface area contributed by atoms with Gasteiger partial charge in [-0.2, -0.15) is 0 Å². The molecule has 0 saturated carbocycles. The normalized spacial score (nSPS) is 17.1. The van der Waals surface area contributed by atoms with Crippen LogP contribution in [-0.2, 0) is 27.3 Å². The van der Waals surface area contributed by atoms with Crippen molar-refractivity contribution in [3.05, 3.63) is 71.8 Å². The summed E-state index contributed by atoms with van der Waals surface area (Å²) in [4.78, 5) is 27.4. The van der Waals surface area contributed by atoms with Crippen molar-refractivity contribution in [2.75, 3.05) is 13.2 Å². The first kappa shape index (κ1) is 20.1. The van der Waals surface area contributed by atoms with E-state index >= 15 is 0 Å². The molecule has 0 spiro atoms. The van der Waals surface area contributed by atoms with Crippen molar-refractivity contribution in [2.45, 2.75) is 44.9 Å². The van der Waals surface area contributed by atoms with Crippen molar-refractivity contribution in [3.8, 4) is 0 Å². The molecular weight excluding hydrogens is 352 g/mol. The summed E-state index contributed by atoms with van der Waals surface area (Å²) in [7, 11) is 0. The van der Waals surface area contributed by atoms with Gasteiger partial charge in [-0.15, -0.1) is 0 Å². The van der Waals surface area contributed by atoms with Crippen LogP contribution in [0.3, 0.4) is 0 Å². The largest absolute Gasteiger partial charge is 0.376 e. The Balaban J connectivity index is 1.68. The van der Waals surface area contributed by atoms with E-state index in [0.717, 1.165) is 30.6 Å².